The fraction of sp³-hybridized carbons (Fsp3) is 0.623. The fourth-order valence-corrected chi connectivity index (χ4v) is 13.0. The van der Waals surface area contributed by atoms with Crippen LogP contribution < -0.4 is 11.1 Å². The molecule has 5 rings (SSSR count). The highest BCUT2D eigenvalue weighted by molar-refractivity contribution is 7.99. The van der Waals surface area contributed by atoms with E-state index in [0.717, 1.165) is 47.6 Å². The molecule has 2 saturated heterocycles. The molecule has 81 heavy (non-hydrogen) atoms. The Morgan fingerprint density at radius 3 is 2.16 bits per heavy atom. The van der Waals surface area contributed by atoms with Gasteiger partial charge in [0.1, 0.15) is 16.7 Å². The number of amides is 5. The number of likely N-dealkylation sites (tertiary alicyclic amines) is 1. The number of benzene rings is 2. The van der Waals surface area contributed by atoms with Gasteiger partial charge in [0.05, 0.1) is 12.1 Å². The van der Waals surface area contributed by atoms with E-state index in [9.17, 15) is 38.4 Å². The number of thiol groups is 1. The zero-order valence-electron chi connectivity index (χ0n) is 49.1. The molecular formula is C61H90N8O9S3. The Morgan fingerprint density at radius 2 is 1.54 bits per heavy atom. The van der Waals surface area contributed by atoms with Crippen LogP contribution in [0.3, 0.4) is 0 Å². The molecular weight excluding hydrogens is 1080 g/mol. The molecule has 0 aliphatic carbocycles. The number of nitrogens with one attached hydrogen (secondary N) is 1. The van der Waals surface area contributed by atoms with Crippen LogP contribution in [0, 0.1) is 23.7 Å². The lowest BCUT2D eigenvalue weighted by molar-refractivity contribution is -0.149. The summed E-state index contributed by atoms with van der Waals surface area (Å²) in [5.74, 6) is -3.02. The summed E-state index contributed by atoms with van der Waals surface area (Å²) in [4.78, 5) is 127. The van der Waals surface area contributed by atoms with Crippen molar-refractivity contribution >= 4 is 82.8 Å². The van der Waals surface area contributed by atoms with Crippen molar-refractivity contribution in [2.45, 2.75) is 153 Å². The normalized spacial score (nSPS) is 17.5. The summed E-state index contributed by atoms with van der Waals surface area (Å²) in [5.41, 5.74) is 6.80. The van der Waals surface area contributed by atoms with E-state index in [1.165, 1.54) is 23.6 Å². The zero-order chi connectivity index (χ0) is 59.2. The van der Waals surface area contributed by atoms with Gasteiger partial charge in [0.25, 0.3) is 5.91 Å². The highest BCUT2D eigenvalue weighted by Gasteiger charge is 2.39. The van der Waals surface area contributed by atoms with Crippen LogP contribution in [0.4, 0.5) is 0 Å². The summed E-state index contributed by atoms with van der Waals surface area (Å²) >= 11 is 6.79. The average molecular weight is 1180 g/mol. The number of hydrogen-bond acceptors (Lipinski definition) is 15. The Balaban J connectivity index is 1.38. The highest BCUT2D eigenvalue weighted by atomic mass is 32.2. The number of carbonyl (C=O) groups is 8. The van der Waals surface area contributed by atoms with E-state index in [0.29, 0.717) is 82.0 Å². The number of nitrogens with zero attached hydrogens (tertiary/aromatic N) is 6. The summed E-state index contributed by atoms with van der Waals surface area (Å²) in [6.45, 7) is 11.9. The maximum atomic E-state index is 14.9. The van der Waals surface area contributed by atoms with Crippen LogP contribution in [0.1, 0.15) is 139 Å². The molecule has 5 amide bonds. The molecule has 0 bridgehead atoms. The third-order valence-electron chi connectivity index (χ3n) is 16.1. The Hall–Kier alpha value is -5.15. The number of aromatic nitrogens is 1. The van der Waals surface area contributed by atoms with E-state index in [2.05, 4.69) is 22.8 Å². The molecule has 1 aromatic heterocycles. The second-order valence-electron chi connectivity index (χ2n) is 22.3. The molecule has 3 aromatic rings. The van der Waals surface area contributed by atoms with Crippen molar-refractivity contribution in [2.75, 3.05) is 71.9 Å². The SMILES string of the molecule is CC[C@H](C)C(CC(=O)C1CCCCN1C)C(=O)N(C)[C@H](C[C@@H](OC(C)=O)c1nc(C(=O)N(C)[C@@H](CSc2ccccc2)C(=O)C[C@H](CCCCN)C(=O)N[C@@H](Cc2ccccc2)C(=O)N2CCN(C(=O)CCCS)CC2)cs1)C(C)C. The van der Waals surface area contributed by atoms with Gasteiger partial charge < -0.3 is 35.4 Å². The summed E-state index contributed by atoms with van der Waals surface area (Å²) in [7, 11) is 5.27. The molecule has 2 aliphatic rings. The lowest BCUT2D eigenvalue weighted by atomic mass is 9.83. The Labute approximate surface area is 495 Å². The van der Waals surface area contributed by atoms with Crippen molar-refractivity contribution in [3.05, 3.63) is 82.3 Å². The van der Waals surface area contributed by atoms with Gasteiger partial charge >= 0.3 is 5.97 Å². The molecule has 20 heteroatoms. The van der Waals surface area contributed by atoms with Gasteiger partial charge in [-0.15, -0.1) is 23.1 Å². The topological polar surface area (TPSA) is 213 Å². The molecule has 2 unspecified atom stereocenters. The van der Waals surface area contributed by atoms with Crippen LogP contribution in [0.5, 0.6) is 0 Å². The van der Waals surface area contributed by atoms with Crippen LogP contribution in [0.2, 0.25) is 0 Å². The van der Waals surface area contributed by atoms with Crippen LogP contribution >= 0.6 is 35.7 Å². The van der Waals surface area contributed by atoms with Crippen molar-refractivity contribution in [3.63, 3.8) is 0 Å². The van der Waals surface area contributed by atoms with Crippen LogP contribution in [-0.2, 0) is 44.7 Å². The van der Waals surface area contributed by atoms with Crippen LogP contribution in [0.15, 0.2) is 70.9 Å². The second kappa shape index (κ2) is 33.8. The molecule has 0 spiro atoms. The molecule has 3 heterocycles. The minimum atomic E-state index is -1.02. The van der Waals surface area contributed by atoms with Crippen molar-refractivity contribution in [1.82, 2.24) is 34.8 Å². The van der Waals surface area contributed by atoms with E-state index in [-0.39, 0.29) is 84.3 Å². The molecule has 8 atom stereocenters. The van der Waals surface area contributed by atoms with Gasteiger partial charge in [0, 0.05) is 113 Å². The quantitative estimate of drug-likeness (QED) is 0.0236. The van der Waals surface area contributed by atoms with Gasteiger partial charge in [0.15, 0.2) is 17.7 Å². The van der Waals surface area contributed by atoms with Crippen molar-refractivity contribution in [2.24, 2.45) is 29.4 Å². The third-order valence-corrected chi connectivity index (χ3v) is 18.5. The number of thiazole rings is 1. The monoisotopic (exact) mass is 1170 g/mol. The number of piperazine rings is 1. The molecule has 0 saturated carbocycles. The Morgan fingerprint density at radius 1 is 0.877 bits per heavy atom. The molecule has 2 aromatic carbocycles. The standard InChI is InChI=1S/C61H90N8O9S3/c1-9-42(4)47(37-54(72)50-26-17-19-29-65(50)6)59(75)66(7)51(41(2)3)38-55(78-43(5)70)58-64-49(39-81-58)60(76)67(8)52(40-80-46-24-14-11-15-25-46)53(71)36-45(23-16-18-28-62)57(74)63-48(35-44-21-12-10-13-22-44)61(77)69-32-30-68(31-33-69)56(73)27-20-34-79/h10-15,21-22,24-25,39,41-42,45,47-48,50-52,55,79H,9,16-20,23,26-38,40,62H2,1-8H3,(H,63,74)/t42-,45-,47?,48-,50?,51+,52-,55+/m0/s1. The van der Waals surface area contributed by atoms with Gasteiger partial charge in [0.2, 0.25) is 23.6 Å². The first-order valence-corrected chi connectivity index (χ1v) is 31.6. The van der Waals surface area contributed by atoms with E-state index in [4.69, 9.17) is 15.5 Å². The molecule has 2 aliphatic heterocycles. The van der Waals surface area contributed by atoms with E-state index < -0.39 is 53.8 Å². The first-order chi connectivity index (χ1) is 38.8. The number of likely N-dealkylation sites (N-methyl/N-ethyl adjacent to an activating group) is 2. The average Bonchev–Trinajstić information content (AvgIpc) is 3.98. The number of hydrogen-bond donors (Lipinski definition) is 3. The first-order valence-electron chi connectivity index (χ1n) is 29.1. The lowest BCUT2D eigenvalue weighted by Gasteiger charge is -2.37. The number of carbonyl (C=O) groups excluding carboxylic acids is 8. The molecule has 446 valence electrons. The van der Waals surface area contributed by atoms with E-state index >= 15 is 0 Å². The number of thioether (sulfide) groups is 1. The Bertz CT molecular complexity index is 2510. The number of esters is 1. The maximum Gasteiger partial charge on any atom is 0.303 e. The number of unbranched alkanes of at least 4 members (excludes halogenated alkanes) is 1. The van der Waals surface area contributed by atoms with E-state index in [1.807, 2.05) is 95.4 Å². The van der Waals surface area contributed by atoms with Gasteiger partial charge in [-0.3, -0.25) is 43.3 Å². The zero-order valence-corrected chi connectivity index (χ0v) is 51.6. The fourth-order valence-electron chi connectivity index (χ4n) is 10.9. The minimum absolute atomic E-state index is 0.0247. The maximum absolute atomic E-state index is 14.9. The van der Waals surface area contributed by atoms with Crippen LogP contribution in [-0.4, -0.2) is 173 Å². The Kier molecular flexibility index (Phi) is 27.8. The second-order valence-corrected chi connectivity index (χ2v) is 24.7. The molecule has 17 nitrogen and oxygen atoms in total. The van der Waals surface area contributed by atoms with Gasteiger partial charge in [-0.05, 0) is 87.5 Å². The molecule has 0 radical (unpaired) electrons. The van der Waals surface area contributed by atoms with Crippen LogP contribution in [0.25, 0.3) is 0 Å². The molecule has 2 fully saturated rings. The summed E-state index contributed by atoms with van der Waals surface area (Å²) in [6, 6.07) is 16.3. The lowest BCUT2D eigenvalue weighted by Crippen LogP contribution is -2.57. The smallest absolute Gasteiger partial charge is 0.303 e. The summed E-state index contributed by atoms with van der Waals surface area (Å²) in [5, 5.41) is 4.98. The van der Waals surface area contributed by atoms with Gasteiger partial charge in [-0.1, -0.05) is 95.5 Å². The summed E-state index contributed by atoms with van der Waals surface area (Å²) in [6.07, 6.45) is 5.41. The number of nitrogens with two attached hydrogens (primary N) is 1. The number of rotatable bonds is 32. The highest BCUT2D eigenvalue weighted by Crippen LogP contribution is 2.34. The van der Waals surface area contributed by atoms with E-state index in [1.54, 1.807) is 34.2 Å². The van der Waals surface area contributed by atoms with Gasteiger partial charge in [-0.2, -0.15) is 12.6 Å². The van der Waals surface area contributed by atoms with Crippen molar-refractivity contribution in [3.8, 4) is 0 Å². The number of Topliss-reactive ketones (excluding diaryl/α,β-unsaturated/α-hetero) is 2. The number of piperidine rings is 1. The molecule has 3 N–H and O–H groups in total. The first kappa shape index (κ1) is 66.6. The van der Waals surface area contributed by atoms with Crippen molar-refractivity contribution < 1.29 is 43.1 Å². The van der Waals surface area contributed by atoms with Gasteiger partial charge in [-0.25, -0.2) is 4.98 Å². The number of ketones is 2. The third kappa shape index (κ3) is 20.0. The predicted molar refractivity (Wildman–Crippen MR) is 323 cm³/mol. The predicted octanol–water partition coefficient (Wildman–Crippen LogP) is 7.77. The minimum Gasteiger partial charge on any atom is -0.455 e. The number of ether oxygens (including phenoxy) is 1. The van der Waals surface area contributed by atoms with Crippen molar-refractivity contribution in [1.29, 1.82) is 0 Å². The summed E-state index contributed by atoms with van der Waals surface area (Å²) < 4.78 is 5.94. The largest absolute Gasteiger partial charge is 0.455 e.